The average molecular weight is 473 g/mol. The number of nitrogens with zero attached hydrogens (tertiary/aromatic N) is 2. The van der Waals surface area contributed by atoms with Crippen LogP contribution >= 0.6 is 23.2 Å². The SMILES string of the molecule is O=C(CCc1ncc(-c2ccc(Cl)cc2Cl)o1)Nc1ccccc1NC(=O)N1CCCC1. The summed E-state index contributed by atoms with van der Waals surface area (Å²) >= 11 is 12.1. The highest BCUT2D eigenvalue weighted by Crippen LogP contribution is 2.31. The summed E-state index contributed by atoms with van der Waals surface area (Å²) in [5, 5.41) is 6.73. The van der Waals surface area contributed by atoms with Crippen LogP contribution in [0.25, 0.3) is 11.3 Å². The fourth-order valence-corrected chi connectivity index (χ4v) is 3.99. The molecule has 0 spiro atoms. The second kappa shape index (κ2) is 10.1. The van der Waals surface area contributed by atoms with Crippen molar-refractivity contribution in [3.8, 4) is 11.3 Å². The molecule has 9 heteroatoms. The Balaban J connectivity index is 1.35. The minimum atomic E-state index is -0.211. The number of nitrogens with one attached hydrogen (secondary N) is 2. The number of aromatic nitrogens is 1. The lowest BCUT2D eigenvalue weighted by Gasteiger charge is -2.18. The first kappa shape index (κ1) is 22.2. The molecule has 3 amide bonds. The van der Waals surface area contributed by atoms with E-state index >= 15 is 0 Å². The Morgan fingerprint density at radius 1 is 1.03 bits per heavy atom. The van der Waals surface area contributed by atoms with Gasteiger partial charge in [-0.1, -0.05) is 35.3 Å². The predicted octanol–water partition coefficient (Wildman–Crippen LogP) is 5.85. The minimum Gasteiger partial charge on any atom is -0.441 e. The Morgan fingerprint density at radius 2 is 1.75 bits per heavy atom. The molecule has 2 N–H and O–H groups in total. The molecule has 0 unspecified atom stereocenters. The second-order valence-corrected chi connectivity index (χ2v) is 8.30. The zero-order valence-electron chi connectivity index (χ0n) is 17.2. The van der Waals surface area contributed by atoms with Crippen molar-refractivity contribution < 1.29 is 14.0 Å². The predicted molar refractivity (Wildman–Crippen MR) is 125 cm³/mol. The molecular weight excluding hydrogens is 451 g/mol. The third kappa shape index (κ3) is 5.41. The number of benzene rings is 2. The number of anilines is 2. The van der Waals surface area contributed by atoms with Crippen LogP contribution in [0.15, 0.2) is 53.1 Å². The molecular formula is C23H22Cl2N4O3. The number of aryl methyl sites for hydroxylation is 1. The van der Waals surface area contributed by atoms with Crippen molar-refractivity contribution in [1.82, 2.24) is 9.88 Å². The number of hydrogen-bond donors (Lipinski definition) is 2. The van der Waals surface area contributed by atoms with E-state index in [9.17, 15) is 9.59 Å². The van der Waals surface area contributed by atoms with Gasteiger partial charge in [0, 0.05) is 36.5 Å². The zero-order valence-corrected chi connectivity index (χ0v) is 18.7. The van der Waals surface area contributed by atoms with Crippen molar-refractivity contribution in [2.24, 2.45) is 0 Å². The van der Waals surface area contributed by atoms with Crippen molar-refractivity contribution in [3.63, 3.8) is 0 Å². The van der Waals surface area contributed by atoms with Crippen molar-refractivity contribution in [3.05, 3.63) is 64.6 Å². The van der Waals surface area contributed by atoms with Gasteiger partial charge in [0.25, 0.3) is 0 Å². The second-order valence-electron chi connectivity index (χ2n) is 7.46. The highest BCUT2D eigenvalue weighted by atomic mass is 35.5. The molecule has 0 aliphatic carbocycles. The van der Waals surface area contributed by atoms with Gasteiger partial charge in [0.2, 0.25) is 5.91 Å². The monoisotopic (exact) mass is 472 g/mol. The van der Waals surface area contributed by atoms with Crippen LogP contribution < -0.4 is 10.6 Å². The Kier molecular flexibility index (Phi) is 6.97. The fourth-order valence-electron chi connectivity index (χ4n) is 3.49. The van der Waals surface area contributed by atoms with Gasteiger partial charge in [0.15, 0.2) is 11.7 Å². The number of rotatable bonds is 6. The molecule has 3 aromatic rings. The number of carbonyl (C=O) groups excluding carboxylic acids is 2. The number of oxazole rings is 1. The third-order valence-corrected chi connectivity index (χ3v) is 5.70. The first-order valence-electron chi connectivity index (χ1n) is 10.3. The zero-order chi connectivity index (χ0) is 22.5. The molecule has 1 aliphatic rings. The van der Waals surface area contributed by atoms with Crippen LogP contribution in [0.5, 0.6) is 0 Å². The molecule has 0 saturated carbocycles. The summed E-state index contributed by atoms with van der Waals surface area (Å²) in [5.74, 6) is 0.728. The van der Waals surface area contributed by atoms with E-state index < -0.39 is 0 Å². The summed E-state index contributed by atoms with van der Waals surface area (Å²) in [7, 11) is 0. The maximum Gasteiger partial charge on any atom is 0.321 e. The lowest BCUT2D eigenvalue weighted by Crippen LogP contribution is -2.32. The van der Waals surface area contributed by atoms with Gasteiger partial charge in [-0.3, -0.25) is 4.79 Å². The molecule has 0 bridgehead atoms. The maximum atomic E-state index is 12.5. The molecule has 1 fully saturated rings. The van der Waals surface area contributed by atoms with Crippen molar-refractivity contribution in [2.75, 3.05) is 23.7 Å². The molecule has 1 aliphatic heterocycles. The average Bonchev–Trinajstić information content (AvgIpc) is 3.46. The van der Waals surface area contributed by atoms with E-state index in [0.717, 1.165) is 25.9 Å². The van der Waals surface area contributed by atoms with Gasteiger partial charge in [-0.15, -0.1) is 0 Å². The van der Waals surface area contributed by atoms with E-state index in [1.807, 2.05) is 6.07 Å². The van der Waals surface area contributed by atoms with Gasteiger partial charge >= 0.3 is 6.03 Å². The number of hydrogen-bond acceptors (Lipinski definition) is 4. The molecule has 4 rings (SSSR count). The largest absolute Gasteiger partial charge is 0.441 e. The number of urea groups is 1. The standard InChI is InChI=1S/C23H22Cl2N4O3/c24-15-7-8-16(17(25)13-15)20-14-26-22(32-20)10-9-21(30)27-18-5-1-2-6-19(18)28-23(31)29-11-3-4-12-29/h1-2,5-8,13-14H,3-4,9-12H2,(H,27,30)(H,28,31). The summed E-state index contributed by atoms with van der Waals surface area (Å²) in [6.07, 6.45) is 4.09. The first-order chi connectivity index (χ1) is 15.5. The van der Waals surface area contributed by atoms with Crippen LogP contribution in [0, 0.1) is 0 Å². The molecule has 166 valence electrons. The van der Waals surface area contributed by atoms with Crippen molar-refractivity contribution >= 4 is 46.5 Å². The highest BCUT2D eigenvalue weighted by molar-refractivity contribution is 6.36. The lowest BCUT2D eigenvalue weighted by molar-refractivity contribution is -0.116. The maximum absolute atomic E-state index is 12.5. The number of halogens is 2. The van der Waals surface area contributed by atoms with Crippen LogP contribution in [0.3, 0.4) is 0 Å². The Labute approximate surface area is 195 Å². The molecule has 0 atom stereocenters. The summed E-state index contributed by atoms with van der Waals surface area (Å²) in [5.41, 5.74) is 1.79. The molecule has 1 aromatic heterocycles. The molecule has 2 heterocycles. The minimum absolute atomic E-state index is 0.155. The molecule has 1 saturated heterocycles. The van der Waals surface area contributed by atoms with Crippen LogP contribution in [-0.2, 0) is 11.2 Å². The number of likely N-dealkylation sites (tertiary alicyclic amines) is 1. The fraction of sp³-hybridized carbons (Fsp3) is 0.261. The topological polar surface area (TPSA) is 87.5 Å². The lowest BCUT2D eigenvalue weighted by atomic mass is 10.2. The number of carbonyl (C=O) groups is 2. The molecule has 0 radical (unpaired) electrons. The van der Waals surface area contributed by atoms with E-state index in [0.29, 0.717) is 45.1 Å². The third-order valence-electron chi connectivity index (χ3n) is 5.15. The summed E-state index contributed by atoms with van der Waals surface area (Å²) < 4.78 is 5.74. The number of para-hydroxylation sites is 2. The first-order valence-corrected chi connectivity index (χ1v) is 11.1. The van der Waals surface area contributed by atoms with Crippen LogP contribution in [0.1, 0.15) is 25.2 Å². The molecule has 2 aromatic carbocycles. The van der Waals surface area contributed by atoms with E-state index in [1.165, 1.54) is 0 Å². The Hall–Kier alpha value is -3.03. The van der Waals surface area contributed by atoms with E-state index in [2.05, 4.69) is 15.6 Å². The highest BCUT2D eigenvalue weighted by Gasteiger charge is 2.19. The van der Waals surface area contributed by atoms with Gasteiger partial charge in [0.1, 0.15) is 0 Å². The Bertz CT molecular complexity index is 1130. The summed E-state index contributed by atoms with van der Waals surface area (Å²) in [6.45, 7) is 1.50. The smallest absolute Gasteiger partial charge is 0.321 e. The molecule has 32 heavy (non-hydrogen) atoms. The van der Waals surface area contributed by atoms with Gasteiger partial charge in [-0.05, 0) is 43.2 Å². The van der Waals surface area contributed by atoms with E-state index in [1.54, 1.807) is 47.5 Å². The molecule has 7 nitrogen and oxygen atoms in total. The van der Waals surface area contributed by atoms with Crippen LogP contribution in [0.2, 0.25) is 10.0 Å². The normalized spacial score (nSPS) is 13.2. The van der Waals surface area contributed by atoms with Crippen LogP contribution in [0.4, 0.5) is 16.2 Å². The quantitative estimate of drug-likeness (QED) is 0.470. The van der Waals surface area contributed by atoms with Crippen molar-refractivity contribution in [2.45, 2.75) is 25.7 Å². The number of amides is 3. The van der Waals surface area contributed by atoms with E-state index in [4.69, 9.17) is 27.6 Å². The van der Waals surface area contributed by atoms with Gasteiger partial charge in [0.05, 0.1) is 22.6 Å². The van der Waals surface area contributed by atoms with Gasteiger partial charge < -0.3 is 20.0 Å². The van der Waals surface area contributed by atoms with Crippen LogP contribution in [-0.4, -0.2) is 34.9 Å². The summed E-state index contributed by atoms with van der Waals surface area (Å²) in [6, 6.07) is 12.1. The Morgan fingerprint density at radius 3 is 2.47 bits per heavy atom. The van der Waals surface area contributed by atoms with Gasteiger partial charge in [-0.2, -0.15) is 0 Å². The van der Waals surface area contributed by atoms with E-state index in [-0.39, 0.29) is 18.4 Å². The summed E-state index contributed by atoms with van der Waals surface area (Å²) in [4.78, 5) is 30.9. The van der Waals surface area contributed by atoms with Crippen molar-refractivity contribution in [1.29, 1.82) is 0 Å². The van der Waals surface area contributed by atoms with Gasteiger partial charge in [-0.25, -0.2) is 9.78 Å².